The topological polar surface area (TPSA) is 101 Å². The van der Waals surface area contributed by atoms with E-state index in [9.17, 15) is 45.8 Å². The third-order valence-corrected chi connectivity index (χ3v) is 5.85. The fourth-order valence-electron chi connectivity index (χ4n) is 4.26. The van der Waals surface area contributed by atoms with Gasteiger partial charge in [0.15, 0.2) is 11.4 Å². The fraction of sp³-hybridized carbons (Fsp3) is 0.381. The van der Waals surface area contributed by atoms with Crippen LogP contribution in [0.4, 0.5) is 26.3 Å². The zero-order chi connectivity index (χ0) is 25.7. The maximum absolute atomic E-state index is 13.8. The quantitative estimate of drug-likeness (QED) is 0.621. The number of hydrogen-bond acceptors (Lipinski definition) is 5. The molecule has 35 heavy (non-hydrogen) atoms. The van der Waals surface area contributed by atoms with Crippen molar-refractivity contribution in [2.24, 2.45) is 0 Å². The van der Waals surface area contributed by atoms with E-state index in [1.165, 1.54) is 0 Å². The summed E-state index contributed by atoms with van der Waals surface area (Å²) in [6.45, 7) is -2.56. The Morgan fingerprint density at radius 1 is 1.14 bits per heavy atom. The highest BCUT2D eigenvalue weighted by Crippen LogP contribution is 2.36. The number of rotatable bonds is 4. The Hall–Kier alpha value is -3.55. The van der Waals surface area contributed by atoms with Crippen molar-refractivity contribution in [3.05, 3.63) is 62.8 Å². The second-order valence-corrected chi connectivity index (χ2v) is 8.05. The minimum Gasteiger partial charge on any atom is -0.503 e. The molecule has 4 rings (SSSR count). The van der Waals surface area contributed by atoms with Crippen LogP contribution >= 0.6 is 0 Å². The van der Waals surface area contributed by atoms with Crippen LogP contribution in [0.3, 0.4) is 0 Å². The van der Waals surface area contributed by atoms with Gasteiger partial charge in [-0.3, -0.25) is 14.4 Å². The molecule has 0 radical (unpaired) electrons. The lowest BCUT2D eigenvalue weighted by atomic mass is 9.95. The van der Waals surface area contributed by atoms with Gasteiger partial charge in [0.2, 0.25) is 5.43 Å². The first-order valence-corrected chi connectivity index (χ1v) is 10.2. The van der Waals surface area contributed by atoms with Crippen molar-refractivity contribution in [3.63, 3.8) is 0 Å². The molecule has 0 saturated carbocycles. The molecule has 2 aliphatic heterocycles. The largest absolute Gasteiger partial charge is 0.503 e. The first kappa shape index (κ1) is 24.6. The van der Waals surface area contributed by atoms with Gasteiger partial charge < -0.3 is 24.6 Å². The van der Waals surface area contributed by atoms with Crippen LogP contribution in [0.5, 0.6) is 5.75 Å². The molecule has 1 saturated heterocycles. The Morgan fingerprint density at radius 3 is 2.43 bits per heavy atom. The number of benzene rings is 1. The van der Waals surface area contributed by atoms with E-state index in [1.807, 2.05) is 0 Å². The van der Waals surface area contributed by atoms with Gasteiger partial charge in [0.25, 0.3) is 11.8 Å². The normalized spacial score (nSPS) is 19.8. The SMILES string of the molecule is O=C(NCc1c(F)cc(F)cc1F)c1cn2c(c(O)c1=O)C(=O)N(CC(F)(F)F)[C@H]1COCC[C@H]12. The molecule has 2 amide bonds. The summed E-state index contributed by atoms with van der Waals surface area (Å²) in [6.07, 6.45) is -3.74. The van der Waals surface area contributed by atoms with Crippen LogP contribution in [0.2, 0.25) is 0 Å². The average Bonchev–Trinajstić information content (AvgIpc) is 2.76. The summed E-state index contributed by atoms with van der Waals surface area (Å²) in [6, 6.07) is -1.16. The maximum atomic E-state index is 13.8. The van der Waals surface area contributed by atoms with Crippen molar-refractivity contribution >= 4 is 11.8 Å². The van der Waals surface area contributed by atoms with Crippen LogP contribution in [0.25, 0.3) is 0 Å². The van der Waals surface area contributed by atoms with Crippen LogP contribution in [-0.4, -0.2) is 58.4 Å². The Labute approximate surface area is 192 Å². The molecular weight excluding hydrogens is 488 g/mol. The number of halogens is 6. The van der Waals surface area contributed by atoms with Crippen molar-refractivity contribution < 1.29 is 45.8 Å². The van der Waals surface area contributed by atoms with E-state index in [2.05, 4.69) is 5.32 Å². The van der Waals surface area contributed by atoms with E-state index in [4.69, 9.17) is 4.74 Å². The highest BCUT2D eigenvalue weighted by Gasteiger charge is 2.47. The van der Waals surface area contributed by atoms with Crippen molar-refractivity contribution in [1.29, 1.82) is 0 Å². The number of fused-ring (bicyclic) bond motifs is 3. The van der Waals surface area contributed by atoms with E-state index >= 15 is 0 Å². The summed E-state index contributed by atoms with van der Waals surface area (Å²) < 4.78 is 86.4. The summed E-state index contributed by atoms with van der Waals surface area (Å²) in [5.41, 5.74) is -3.48. The van der Waals surface area contributed by atoms with Gasteiger partial charge in [-0.2, -0.15) is 13.2 Å². The van der Waals surface area contributed by atoms with Gasteiger partial charge in [0.1, 0.15) is 29.6 Å². The standard InChI is InChI=1S/C21H17F6N3O5/c22-9-3-12(23)10(13(24)4-9)5-28-19(33)11-6-29-14-1-2-35-7-15(14)30(8-21(25,26)27)20(34)16(29)18(32)17(11)31/h3-4,6,14-15,32H,1-2,5,7-8H2,(H,28,33)/t14-,15+/m1/s1. The third-order valence-electron chi connectivity index (χ3n) is 5.85. The number of nitrogens with zero attached hydrogens (tertiary/aromatic N) is 2. The van der Waals surface area contributed by atoms with Gasteiger partial charge >= 0.3 is 6.18 Å². The second kappa shape index (κ2) is 8.91. The summed E-state index contributed by atoms with van der Waals surface area (Å²) in [5, 5.41) is 12.5. The Balaban J connectivity index is 1.70. The van der Waals surface area contributed by atoms with E-state index in [-0.39, 0.29) is 19.6 Å². The number of hydrogen-bond donors (Lipinski definition) is 2. The summed E-state index contributed by atoms with van der Waals surface area (Å²) in [7, 11) is 0. The predicted octanol–water partition coefficient (Wildman–Crippen LogP) is 2.25. The summed E-state index contributed by atoms with van der Waals surface area (Å²) >= 11 is 0. The molecule has 1 fully saturated rings. The van der Waals surface area contributed by atoms with Crippen LogP contribution < -0.4 is 10.7 Å². The fourth-order valence-corrected chi connectivity index (χ4v) is 4.26. The highest BCUT2D eigenvalue weighted by atomic mass is 19.4. The van der Waals surface area contributed by atoms with Crippen LogP contribution in [0.15, 0.2) is 23.1 Å². The molecule has 0 unspecified atom stereocenters. The molecule has 3 heterocycles. The summed E-state index contributed by atoms with van der Waals surface area (Å²) in [5.74, 6) is -7.44. The Bertz CT molecular complexity index is 1240. The molecule has 14 heteroatoms. The first-order valence-electron chi connectivity index (χ1n) is 10.2. The number of amides is 2. The number of alkyl halides is 3. The lowest BCUT2D eigenvalue weighted by Crippen LogP contribution is -2.57. The van der Waals surface area contributed by atoms with E-state index in [0.29, 0.717) is 17.0 Å². The molecule has 2 N–H and O–H groups in total. The van der Waals surface area contributed by atoms with Gasteiger partial charge in [-0.25, -0.2) is 13.2 Å². The maximum Gasteiger partial charge on any atom is 0.406 e. The van der Waals surface area contributed by atoms with E-state index in [1.54, 1.807) is 0 Å². The number of aromatic nitrogens is 1. The highest BCUT2D eigenvalue weighted by molar-refractivity contribution is 5.99. The first-order chi connectivity index (χ1) is 16.4. The minimum absolute atomic E-state index is 0.103. The van der Waals surface area contributed by atoms with E-state index < -0.39 is 88.6 Å². The monoisotopic (exact) mass is 505 g/mol. The van der Waals surface area contributed by atoms with Crippen molar-refractivity contribution in [2.45, 2.75) is 31.2 Å². The average molecular weight is 505 g/mol. The zero-order valence-corrected chi connectivity index (χ0v) is 17.7. The van der Waals surface area contributed by atoms with Crippen molar-refractivity contribution in [3.8, 4) is 5.75 Å². The Morgan fingerprint density at radius 2 is 1.80 bits per heavy atom. The summed E-state index contributed by atoms with van der Waals surface area (Å²) in [4.78, 5) is 38.6. The smallest absolute Gasteiger partial charge is 0.406 e. The minimum atomic E-state index is -4.76. The van der Waals surface area contributed by atoms with Crippen molar-refractivity contribution in [2.75, 3.05) is 19.8 Å². The molecule has 1 aromatic carbocycles. The molecular formula is C21H17F6N3O5. The number of nitrogens with one attached hydrogen (secondary N) is 1. The van der Waals surface area contributed by atoms with E-state index in [0.717, 1.165) is 10.8 Å². The number of carbonyl (C=O) groups excluding carboxylic acids is 2. The van der Waals surface area contributed by atoms with Crippen LogP contribution in [0.1, 0.15) is 38.9 Å². The molecule has 1 aromatic heterocycles. The molecule has 0 aliphatic carbocycles. The zero-order valence-electron chi connectivity index (χ0n) is 17.7. The predicted molar refractivity (Wildman–Crippen MR) is 105 cm³/mol. The Kier molecular flexibility index (Phi) is 6.25. The third kappa shape index (κ3) is 4.57. The van der Waals surface area contributed by atoms with Gasteiger partial charge in [-0.1, -0.05) is 0 Å². The molecule has 2 atom stereocenters. The number of carbonyl (C=O) groups is 2. The van der Waals surface area contributed by atoms with Gasteiger partial charge in [-0.15, -0.1) is 0 Å². The van der Waals surface area contributed by atoms with Crippen molar-refractivity contribution in [1.82, 2.24) is 14.8 Å². The molecule has 8 nitrogen and oxygen atoms in total. The van der Waals surface area contributed by atoms with Crippen LogP contribution in [-0.2, 0) is 11.3 Å². The van der Waals surface area contributed by atoms with Gasteiger partial charge in [0, 0.05) is 37.0 Å². The number of aromatic hydroxyl groups is 1. The lowest BCUT2D eigenvalue weighted by Gasteiger charge is -2.45. The number of pyridine rings is 1. The molecule has 2 aromatic rings. The lowest BCUT2D eigenvalue weighted by molar-refractivity contribution is -0.153. The van der Waals surface area contributed by atoms with Crippen LogP contribution in [0, 0.1) is 17.5 Å². The van der Waals surface area contributed by atoms with Gasteiger partial charge in [0.05, 0.1) is 18.7 Å². The number of ether oxygens (including phenoxy) is 1. The molecule has 2 aliphatic rings. The van der Waals surface area contributed by atoms with Gasteiger partial charge in [-0.05, 0) is 6.42 Å². The molecule has 188 valence electrons. The molecule has 0 spiro atoms. The molecule has 0 bridgehead atoms. The second-order valence-electron chi connectivity index (χ2n) is 8.05.